The number of nitrogens with two attached hydrogens (primary N) is 1. The van der Waals surface area contributed by atoms with Gasteiger partial charge in [0.05, 0.1) is 0 Å². The smallest absolute Gasteiger partial charge is 0.0157 e. The number of rotatable bonds is 3. The standard InChI is InChI=1S/C17H31N/c1-2-13-4-3-8-17(18,9-7-13)12-16-11-14-5-6-15(16)10-14/h13-16H,2-12,18H2,1H3. The molecule has 0 radical (unpaired) electrons. The van der Waals surface area contributed by atoms with Crippen molar-refractivity contribution in [3.63, 3.8) is 0 Å². The summed E-state index contributed by atoms with van der Waals surface area (Å²) in [7, 11) is 0. The average molecular weight is 249 g/mol. The Morgan fingerprint density at radius 2 is 1.94 bits per heavy atom. The molecule has 3 aliphatic carbocycles. The molecule has 2 N–H and O–H groups in total. The number of hydrogen-bond donors (Lipinski definition) is 1. The molecule has 0 amide bonds. The molecule has 0 aliphatic heterocycles. The van der Waals surface area contributed by atoms with Gasteiger partial charge in [-0.1, -0.05) is 32.6 Å². The Morgan fingerprint density at radius 3 is 2.61 bits per heavy atom. The Labute approximate surface area is 113 Å². The molecule has 0 saturated heterocycles. The summed E-state index contributed by atoms with van der Waals surface area (Å²) in [6.07, 6.45) is 15.6. The highest BCUT2D eigenvalue weighted by atomic mass is 14.7. The van der Waals surface area contributed by atoms with E-state index in [0.29, 0.717) is 0 Å². The third-order valence-electron chi connectivity index (χ3n) is 6.47. The minimum absolute atomic E-state index is 0.207. The van der Waals surface area contributed by atoms with Gasteiger partial charge in [-0.25, -0.2) is 0 Å². The molecule has 0 heterocycles. The van der Waals surface area contributed by atoms with E-state index in [9.17, 15) is 0 Å². The lowest BCUT2D eigenvalue weighted by atomic mass is 9.76. The normalized spacial score (nSPS) is 48.3. The summed E-state index contributed by atoms with van der Waals surface area (Å²) in [5.74, 6) is 4.10. The van der Waals surface area contributed by atoms with Crippen LogP contribution in [0.5, 0.6) is 0 Å². The van der Waals surface area contributed by atoms with Crippen LogP contribution in [-0.2, 0) is 0 Å². The SMILES string of the molecule is CCC1CCCC(N)(CC2CC3CCC2C3)CC1. The number of hydrogen-bond acceptors (Lipinski definition) is 1. The second-order valence-corrected chi connectivity index (χ2v) is 7.71. The first-order valence-corrected chi connectivity index (χ1v) is 8.47. The average Bonchev–Trinajstić information content (AvgIpc) is 2.90. The van der Waals surface area contributed by atoms with Crippen molar-refractivity contribution < 1.29 is 0 Å². The topological polar surface area (TPSA) is 26.0 Å². The van der Waals surface area contributed by atoms with E-state index in [1.54, 1.807) is 6.42 Å². The maximum absolute atomic E-state index is 6.79. The van der Waals surface area contributed by atoms with Gasteiger partial charge in [0.25, 0.3) is 0 Å². The zero-order valence-corrected chi connectivity index (χ0v) is 12.2. The van der Waals surface area contributed by atoms with Crippen LogP contribution in [0.2, 0.25) is 0 Å². The first-order valence-electron chi connectivity index (χ1n) is 8.47. The lowest BCUT2D eigenvalue weighted by Gasteiger charge is -2.34. The van der Waals surface area contributed by atoms with Crippen LogP contribution in [0.3, 0.4) is 0 Å². The molecule has 3 rings (SSSR count). The highest BCUT2D eigenvalue weighted by Crippen LogP contribution is 2.51. The highest BCUT2D eigenvalue weighted by Gasteiger charge is 2.42. The van der Waals surface area contributed by atoms with E-state index < -0.39 is 0 Å². The summed E-state index contributed by atoms with van der Waals surface area (Å²) in [4.78, 5) is 0. The monoisotopic (exact) mass is 249 g/mol. The van der Waals surface area contributed by atoms with Crippen LogP contribution < -0.4 is 5.73 Å². The summed E-state index contributed by atoms with van der Waals surface area (Å²) in [6, 6.07) is 0. The molecule has 104 valence electrons. The van der Waals surface area contributed by atoms with Crippen LogP contribution in [-0.4, -0.2) is 5.54 Å². The molecule has 0 aromatic rings. The van der Waals surface area contributed by atoms with Gasteiger partial charge >= 0.3 is 0 Å². The molecule has 3 aliphatic rings. The van der Waals surface area contributed by atoms with Crippen LogP contribution in [0.15, 0.2) is 0 Å². The largest absolute Gasteiger partial charge is 0.325 e. The molecule has 2 bridgehead atoms. The van der Waals surface area contributed by atoms with Gasteiger partial charge in [-0.2, -0.15) is 0 Å². The van der Waals surface area contributed by atoms with Crippen molar-refractivity contribution in [2.24, 2.45) is 29.4 Å². The van der Waals surface area contributed by atoms with Crippen molar-refractivity contribution in [3.05, 3.63) is 0 Å². The summed E-state index contributed by atoms with van der Waals surface area (Å²) >= 11 is 0. The molecule has 1 nitrogen and oxygen atoms in total. The maximum atomic E-state index is 6.79. The highest BCUT2D eigenvalue weighted by molar-refractivity contribution is 4.96. The fourth-order valence-corrected chi connectivity index (χ4v) is 5.26. The molecule has 0 spiro atoms. The lowest BCUT2D eigenvalue weighted by molar-refractivity contribution is 0.221. The Kier molecular flexibility index (Phi) is 3.71. The van der Waals surface area contributed by atoms with Gasteiger partial charge in [-0.05, 0) is 68.6 Å². The van der Waals surface area contributed by atoms with Gasteiger partial charge in [-0.3, -0.25) is 0 Å². The minimum atomic E-state index is 0.207. The van der Waals surface area contributed by atoms with E-state index in [4.69, 9.17) is 5.73 Å². The van der Waals surface area contributed by atoms with Crippen molar-refractivity contribution in [3.8, 4) is 0 Å². The van der Waals surface area contributed by atoms with Crippen LogP contribution >= 0.6 is 0 Å². The van der Waals surface area contributed by atoms with E-state index in [1.165, 1.54) is 64.2 Å². The molecule has 3 saturated carbocycles. The first-order chi connectivity index (χ1) is 8.68. The van der Waals surface area contributed by atoms with Crippen molar-refractivity contribution >= 4 is 0 Å². The van der Waals surface area contributed by atoms with E-state index in [-0.39, 0.29) is 5.54 Å². The Balaban J connectivity index is 1.57. The molecular formula is C17H31N. The van der Waals surface area contributed by atoms with Gasteiger partial charge in [-0.15, -0.1) is 0 Å². The van der Waals surface area contributed by atoms with E-state index >= 15 is 0 Å². The van der Waals surface area contributed by atoms with E-state index in [0.717, 1.165) is 23.7 Å². The van der Waals surface area contributed by atoms with Gasteiger partial charge in [0.1, 0.15) is 0 Å². The Bertz CT molecular complexity index is 287. The molecule has 5 unspecified atom stereocenters. The van der Waals surface area contributed by atoms with Gasteiger partial charge in [0.2, 0.25) is 0 Å². The minimum Gasteiger partial charge on any atom is -0.325 e. The summed E-state index contributed by atoms with van der Waals surface area (Å²) in [5.41, 5.74) is 6.99. The fraction of sp³-hybridized carbons (Fsp3) is 1.00. The van der Waals surface area contributed by atoms with Crippen molar-refractivity contribution in [2.75, 3.05) is 0 Å². The summed E-state index contributed by atoms with van der Waals surface area (Å²) < 4.78 is 0. The zero-order valence-electron chi connectivity index (χ0n) is 12.2. The maximum Gasteiger partial charge on any atom is 0.0157 e. The zero-order chi connectivity index (χ0) is 12.6. The molecule has 3 fully saturated rings. The van der Waals surface area contributed by atoms with Gasteiger partial charge in [0.15, 0.2) is 0 Å². The quantitative estimate of drug-likeness (QED) is 0.732. The lowest BCUT2D eigenvalue weighted by Crippen LogP contribution is -2.42. The van der Waals surface area contributed by atoms with Crippen LogP contribution in [0, 0.1) is 23.7 Å². The summed E-state index contributed by atoms with van der Waals surface area (Å²) in [5, 5.41) is 0. The van der Waals surface area contributed by atoms with E-state index in [1.807, 2.05) is 0 Å². The molecule has 1 heteroatoms. The molecular weight excluding hydrogens is 218 g/mol. The van der Waals surface area contributed by atoms with Gasteiger partial charge in [0, 0.05) is 5.54 Å². The Morgan fingerprint density at radius 1 is 1.06 bits per heavy atom. The Hall–Kier alpha value is -0.0400. The molecule has 5 atom stereocenters. The van der Waals surface area contributed by atoms with E-state index in [2.05, 4.69) is 6.92 Å². The van der Waals surface area contributed by atoms with Crippen LogP contribution in [0.4, 0.5) is 0 Å². The third kappa shape index (κ3) is 2.61. The van der Waals surface area contributed by atoms with Crippen molar-refractivity contribution in [1.29, 1.82) is 0 Å². The van der Waals surface area contributed by atoms with Crippen LogP contribution in [0.25, 0.3) is 0 Å². The predicted octanol–water partition coefficient (Wildman–Crippen LogP) is 4.50. The molecule has 0 aromatic carbocycles. The molecule has 0 aromatic heterocycles. The second-order valence-electron chi connectivity index (χ2n) is 7.71. The summed E-state index contributed by atoms with van der Waals surface area (Å²) in [6.45, 7) is 2.35. The van der Waals surface area contributed by atoms with Gasteiger partial charge < -0.3 is 5.73 Å². The second kappa shape index (κ2) is 5.15. The first kappa shape index (κ1) is 13.0. The predicted molar refractivity (Wildman–Crippen MR) is 77.3 cm³/mol. The van der Waals surface area contributed by atoms with Crippen molar-refractivity contribution in [1.82, 2.24) is 0 Å². The van der Waals surface area contributed by atoms with Crippen molar-refractivity contribution in [2.45, 2.75) is 83.1 Å². The third-order valence-corrected chi connectivity index (χ3v) is 6.47. The van der Waals surface area contributed by atoms with Crippen LogP contribution in [0.1, 0.15) is 77.6 Å². The number of fused-ring (bicyclic) bond motifs is 2. The fourth-order valence-electron chi connectivity index (χ4n) is 5.26. The molecule has 18 heavy (non-hydrogen) atoms.